The van der Waals surface area contributed by atoms with Crippen LogP contribution in [0.5, 0.6) is 0 Å². The highest BCUT2D eigenvalue weighted by molar-refractivity contribution is 9.10. The molecular formula is C18H17BrN2O2S. The van der Waals surface area contributed by atoms with Gasteiger partial charge < -0.3 is 9.80 Å². The molecule has 0 aliphatic carbocycles. The number of nitrogens with zero attached hydrogens (tertiary/aromatic N) is 2. The van der Waals surface area contributed by atoms with Gasteiger partial charge in [-0.1, -0.05) is 34.1 Å². The summed E-state index contributed by atoms with van der Waals surface area (Å²) < 4.78 is 0.882. The maximum absolute atomic E-state index is 12.6. The number of benzene rings is 2. The van der Waals surface area contributed by atoms with Gasteiger partial charge in [0.05, 0.1) is 5.56 Å². The van der Waals surface area contributed by atoms with E-state index in [9.17, 15) is 9.59 Å². The van der Waals surface area contributed by atoms with Crippen molar-refractivity contribution in [3.05, 3.63) is 64.1 Å². The van der Waals surface area contributed by atoms with E-state index in [4.69, 9.17) is 0 Å². The Morgan fingerprint density at radius 1 is 0.875 bits per heavy atom. The Kier molecular flexibility index (Phi) is 5.26. The van der Waals surface area contributed by atoms with Crippen LogP contribution in [0.25, 0.3) is 0 Å². The molecule has 1 aliphatic rings. The van der Waals surface area contributed by atoms with Gasteiger partial charge >= 0.3 is 0 Å². The van der Waals surface area contributed by atoms with Crippen LogP contribution in [0.1, 0.15) is 20.7 Å². The van der Waals surface area contributed by atoms with E-state index in [1.165, 1.54) is 0 Å². The van der Waals surface area contributed by atoms with E-state index < -0.39 is 0 Å². The predicted octanol–water partition coefficient (Wildman–Crippen LogP) is 3.34. The lowest BCUT2D eigenvalue weighted by molar-refractivity contribution is 0.0533. The molecule has 1 saturated heterocycles. The van der Waals surface area contributed by atoms with Crippen molar-refractivity contribution < 1.29 is 9.59 Å². The normalized spacial score (nSPS) is 14.6. The van der Waals surface area contributed by atoms with Crippen LogP contribution in [-0.2, 0) is 0 Å². The van der Waals surface area contributed by atoms with Crippen molar-refractivity contribution >= 4 is 40.4 Å². The molecule has 0 N–H and O–H groups in total. The quantitative estimate of drug-likeness (QED) is 0.779. The van der Waals surface area contributed by atoms with Crippen LogP contribution in [0, 0.1) is 0 Å². The van der Waals surface area contributed by atoms with Crippen molar-refractivity contribution in [1.82, 2.24) is 9.80 Å². The molecule has 0 unspecified atom stereocenters. The van der Waals surface area contributed by atoms with E-state index in [2.05, 4.69) is 28.6 Å². The second-order valence-corrected chi connectivity index (χ2v) is 7.01. The monoisotopic (exact) mass is 404 g/mol. The zero-order valence-electron chi connectivity index (χ0n) is 13.0. The van der Waals surface area contributed by atoms with E-state index in [1.54, 1.807) is 15.9 Å². The number of hydrogen-bond acceptors (Lipinski definition) is 3. The van der Waals surface area contributed by atoms with Gasteiger partial charge in [0, 0.05) is 41.1 Å². The van der Waals surface area contributed by atoms with E-state index >= 15 is 0 Å². The standard InChI is InChI=1S/C18H17BrN2O2S/c19-14-5-3-4-13(12-14)17(22)20-8-10-21(11-9-20)18(23)15-6-1-2-7-16(15)24/h1-7,12,24H,8-11H2. The van der Waals surface area contributed by atoms with E-state index in [-0.39, 0.29) is 11.8 Å². The fourth-order valence-electron chi connectivity index (χ4n) is 2.74. The number of thiol groups is 1. The van der Waals surface area contributed by atoms with Crippen molar-refractivity contribution in [2.75, 3.05) is 26.2 Å². The Morgan fingerprint density at radius 2 is 1.50 bits per heavy atom. The Balaban J connectivity index is 1.65. The predicted molar refractivity (Wildman–Crippen MR) is 99.6 cm³/mol. The molecule has 24 heavy (non-hydrogen) atoms. The number of amides is 2. The highest BCUT2D eigenvalue weighted by Crippen LogP contribution is 2.18. The molecular weight excluding hydrogens is 388 g/mol. The third kappa shape index (κ3) is 3.65. The molecule has 1 heterocycles. The fourth-order valence-corrected chi connectivity index (χ4v) is 3.40. The highest BCUT2D eigenvalue weighted by Gasteiger charge is 2.26. The fraction of sp³-hybridized carbons (Fsp3) is 0.222. The van der Waals surface area contributed by atoms with Gasteiger partial charge in [-0.15, -0.1) is 12.6 Å². The summed E-state index contributed by atoms with van der Waals surface area (Å²) in [5.41, 5.74) is 1.26. The first-order chi connectivity index (χ1) is 11.6. The summed E-state index contributed by atoms with van der Waals surface area (Å²) in [5.74, 6) is -0.0341. The van der Waals surface area contributed by atoms with Gasteiger partial charge in [-0.05, 0) is 30.3 Å². The van der Waals surface area contributed by atoms with Crippen molar-refractivity contribution in [3.63, 3.8) is 0 Å². The molecule has 0 spiro atoms. The molecule has 1 fully saturated rings. The average molecular weight is 405 g/mol. The minimum atomic E-state index is -0.0323. The number of hydrogen-bond donors (Lipinski definition) is 1. The summed E-state index contributed by atoms with van der Waals surface area (Å²) >= 11 is 7.73. The Labute approximate surface area is 155 Å². The molecule has 6 heteroatoms. The van der Waals surface area contributed by atoms with Crippen LogP contribution in [0.3, 0.4) is 0 Å². The van der Waals surface area contributed by atoms with Gasteiger partial charge in [0.25, 0.3) is 11.8 Å². The van der Waals surface area contributed by atoms with Gasteiger partial charge in [0.2, 0.25) is 0 Å². The summed E-state index contributed by atoms with van der Waals surface area (Å²) in [6.07, 6.45) is 0. The maximum atomic E-state index is 12.6. The summed E-state index contributed by atoms with van der Waals surface area (Å²) in [6.45, 7) is 2.12. The third-order valence-corrected chi connectivity index (χ3v) is 4.94. The third-order valence-electron chi connectivity index (χ3n) is 4.06. The second kappa shape index (κ2) is 7.40. The molecule has 124 valence electrons. The lowest BCUT2D eigenvalue weighted by Gasteiger charge is -2.35. The smallest absolute Gasteiger partial charge is 0.255 e. The molecule has 2 aromatic carbocycles. The minimum absolute atomic E-state index is 0.00186. The maximum Gasteiger partial charge on any atom is 0.255 e. The Bertz CT molecular complexity index is 773. The van der Waals surface area contributed by atoms with Crippen LogP contribution in [-0.4, -0.2) is 47.8 Å². The van der Waals surface area contributed by atoms with Crippen molar-refractivity contribution in [1.29, 1.82) is 0 Å². The molecule has 0 bridgehead atoms. The number of carbonyl (C=O) groups excluding carboxylic acids is 2. The molecule has 2 aromatic rings. The van der Waals surface area contributed by atoms with Gasteiger partial charge in [0.15, 0.2) is 0 Å². The second-order valence-electron chi connectivity index (χ2n) is 5.61. The summed E-state index contributed by atoms with van der Waals surface area (Å²) in [4.78, 5) is 29.4. The van der Waals surface area contributed by atoms with E-state index in [0.717, 1.165) is 4.47 Å². The first-order valence-electron chi connectivity index (χ1n) is 7.68. The van der Waals surface area contributed by atoms with Crippen LogP contribution < -0.4 is 0 Å². The average Bonchev–Trinajstić information content (AvgIpc) is 2.61. The van der Waals surface area contributed by atoms with Gasteiger partial charge in [-0.2, -0.15) is 0 Å². The topological polar surface area (TPSA) is 40.6 Å². The molecule has 0 radical (unpaired) electrons. The van der Waals surface area contributed by atoms with Crippen LogP contribution >= 0.6 is 28.6 Å². The van der Waals surface area contributed by atoms with Crippen molar-refractivity contribution in [3.8, 4) is 0 Å². The minimum Gasteiger partial charge on any atom is -0.335 e. The molecule has 0 aromatic heterocycles. The van der Waals surface area contributed by atoms with Crippen molar-refractivity contribution in [2.24, 2.45) is 0 Å². The highest BCUT2D eigenvalue weighted by atomic mass is 79.9. The first-order valence-corrected chi connectivity index (χ1v) is 8.92. The first kappa shape index (κ1) is 17.0. The Morgan fingerprint density at radius 3 is 2.12 bits per heavy atom. The number of rotatable bonds is 2. The summed E-state index contributed by atoms with van der Waals surface area (Å²) in [5, 5.41) is 0. The molecule has 3 rings (SSSR count). The largest absolute Gasteiger partial charge is 0.335 e. The Hall–Kier alpha value is -1.79. The molecule has 4 nitrogen and oxygen atoms in total. The zero-order chi connectivity index (χ0) is 17.1. The summed E-state index contributed by atoms with van der Waals surface area (Å²) in [7, 11) is 0. The van der Waals surface area contributed by atoms with Gasteiger partial charge in [-0.25, -0.2) is 0 Å². The SMILES string of the molecule is O=C(c1cccc(Br)c1)N1CCN(C(=O)c2ccccc2S)CC1. The molecule has 0 atom stereocenters. The van der Waals surface area contributed by atoms with Gasteiger partial charge in [0.1, 0.15) is 0 Å². The lowest BCUT2D eigenvalue weighted by atomic mass is 10.1. The van der Waals surface area contributed by atoms with Gasteiger partial charge in [-0.3, -0.25) is 9.59 Å². The summed E-state index contributed by atoms with van der Waals surface area (Å²) in [6, 6.07) is 14.6. The lowest BCUT2D eigenvalue weighted by Crippen LogP contribution is -2.50. The molecule has 1 aliphatic heterocycles. The number of piperazine rings is 1. The van der Waals surface area contributed by atoms with Crippen LogP contribution in [0.2, 0.25) is 0 Å². The molecule has 2 amide bonds. The van der Waals surface area contributed by atoms with Crippen LogP contribution in [0.4, 0.5) is 0 Å². The number of halogens is 1. The number of carbonyl (C=O) groups is 2. The molecule has 0 saturated carbocycles. The van der Waals surface area contributed by atoms with E-state index in [1.807, 2.05) is 42.5 Å². The zero-order valence-corrected chi connectivity index (χ0v) is 15.5. The van der Waals surface area contributed by atoms with Crippen LogP contribution in [0.15, 0.2) is 57.9 Å². The van der Waals surface area contributed by atoms with E-state index in [0.29, 0.717) is 42.2 Å². The van der Waals surface area contributed by atoms with Crippen molar-refractivity contribution in [2.45, 2.75) is 4.90 Å².